The highest BCUT2D eigenvalue weighted by Crippen LogP contribution is 2.38. The number of thioether (sulfide) groups is 1. The van der Waals surface area contributed by atoms with Gasteiger partial charge in [0.1, 0.15) is 15.8 Å². The molecule has 0 spiro atoms. The predicted octanol–water partition coefficient (Wildman–Crippen LogP) is 4.66. The first-order valence-electron chi connectivity index (χ1n) is 7.20. The summed E-state index contributed by atoms with van der Waals surface area (Å²) in [4.78, 5) is 0. The van der Waals surface area contributed by atoms with Gasteiger partial charge >= 0.3 is 0 Å². The molecule has 1 aromatic heterocycles. The summed E-state index contributed by atoms with van der Waals surface area (Å²) in [6.45, 7) is 0.640. The van der Waals surface area contributed by atoms with Gasteiger partial charge in [-0.1, -0.05) is 0 Å². The molecule has 3 rings (SSSR count). The van der Waals surface area contributed by atoms with Crippen LogP contribution in [0.3, 0.4) is 0 Å². The summed E-state index contributed by atoms with van der Waals surface area (Å²) in [6.07, 6.45) is 0.441. The maximum Gasteiger partial charge on any atom is 0.252 e. The summed E-state index contributed by atoms with van der Waals surface area (Å²) in [5.41, 5.74) is 0.304. The van der Waals surface area contributed by atoms with E-state index < -0.39 is 21.7 Å². The third-order valence-corrected chi connectivity index (χ3v) is 9.05. The third-order valence-electron chi connectivity index (χ3n) is 3.75. The van der Waals surface area contributed by atoms with Crippen molar-refractivity contribution in [1.29, 1.82) is 0 Å². The summed E-state index contributed by atoms with van der Waals surface area (Å²) < 4.78 is 55.2. The highest BCUT2D eigenvalue weighted by molar-refractivity contribution is 9.11. The van der Waals surface area contributed by atoms with E-state index in [0.717, 1.165) is 15.9 Å². The zero-order valence-corrected chi connectivity index (χ0v) is 16.5. The molecule has 2 aromatic rings. The first-order valence-corrected chi connectivity index (χ1v) is 11.3. The van der Waals surface area contributed by atoms with E-state index in [4.69, 9.17) is 0 Å². The van der Waals surface area contributed by atoms with Gasteiger partial charge in [-0.15, -0.1) is 11.3 Å². The molecule has 1 aromatic carbocycles. The van der Waals surface area contributed by atoms with Gasteiger partial charge in [0.05, 0.1) is 3.79 Å². The van der Waals surface area contributed by atoms with Crippen molar-refractivity contribution in [3.05, 3.63) is 51.3 Å². The number of thiophene rings is 1. The smallest absolute Gasteiger partial charge is 0.207 e. The van der Waals surface area contributed by atoms with Crippen molar-refractivity contribution >= 4 is 49.1 Å². The van der Waals surface area contributed by atoms with Crippen LogP contribution in [0.5, 0.6) is 0 Å². The Labute approximate surface area is 156 Å². The SMILES string of the molecule is O=S(=O)(c1ccc(Br)s1)N1CCSC(c2cc(F)ccc2F)CC1. The molecule has 1 fully saturated rings. The summed E-state index contributed by atoms with van der Waals surface area (Å²) in [6, 6.07) is 6.69. The van der Waals surface area contributed by atoms with Gasteiger partial charge < -0.3 is 0 Å². The minimum atomic E-state index is -3.55. The fraction of sp³-hybridized carbons (Fsp3) is 0.333. The number of sulfonamides is 1. The van der Waals surface area contributed by atoms with Crippen molar-refractivity contribution in [2.75, 3.05) is 18.8 Å². The van der Waals surface area contributed by atoms with E-state index in [-0.39, 0.29) is 16.0 Å². The molecule has 0 saturated carbocycles. The minimum Gasteiger partial charge on any atom is -0.207 e. The standard InChI is InChI=1S/C15H14BrF2NO2S3/c16-14-3-4-15(23-14)24(20,21)19-6-5-13(22-8-7-19)11-9-10(17)1-2-12(11)18/h1-4,9,13H,5-8H2. The Hall–Kier alpha value is -0.480. The van der Waals surface area contributed by atoms with E-state index in [1.165, 1.54) is 33.5 Å². The van der Waals surface area contributed by atoms with Gasteiger partial charge in [0.2, 0.25) is 0 Å². The van der Waals surface area contributed by atoms with Crippen molar-refractivity contribution in [3.63, 3.8) is 0 Å². The van der Waals surface area contributed by atoms with Crippen LogP contribution in [0.1, 0.15) is 17.2 Å². The average Bonchev–Trinajstić information content (AvgIpc) is 2.83. The van der Waals surface area contributed by atoms with Gasteiger partial charge in [-0.2, -0.15) is 16.1 Å². The van der Waals surface area contributed by atoms with Crippen molar-refractivity contribution < 1.29 is 17.2 Å². The molecule has 1 saturated heterocycles. The van der Waals surface area contributed by atoms with E-state index in [1.54, 1.807) is 12.1 Å². The lowest BCUT2D eigenvalue weighted by atomic mass is 10.1. The number of benzene rings is 1. The van der Waals surface area contributed by atoms with Gasteiger partial charge in [-0.05, 0) is 52.7 Å². The van der Waals surface area contributed by atoms with E-state index in [9.17, 15) is 17.2 Å². The fourth-order valence-electron chi connectivity index (χ4n) is 2.56. The maximum absolute atomic E-state index is 14.0. The van der Waals surface area contributed by atoms with Gasteiger partial charge in [-0.3, -0.25) is 0 Å². The molecule has 0 bridgehead atoms. The third kappa shape index (κ3) is 3.85. The summed E-state index contributed by atoms with van der Waals surface area (Å²) >= 11 is 5.90. The van der Waals surface area contributed by atoms with Crippen LogP contribution < -0.4 is 0 Å². The molecule has 0 radical (unpaired) electrons. The van der Waals surface area contributed by atoms with Gasteiger partial charge in [0, 0.05) is 29.7 Å². The molecule has 1 atom stereocenters. The number of rotatable bonds is 3. The molecule has 130 valence electrons. The zero-order chi connectivity index (χ0) is 17.3. The molecular formula is C15H14BrF2NO2S3. The lowest BCUT2D eigenvalue weighted by Crippen LogP contribution is -2.32. The molecule has 24 heavy (non-hydrogen) atoms. The Morgan fingerprint density at radius 1 is 1.17 bits per heavy atom. The van der Waals surface area contributed by atoms with Gasteiger partial charge in [-0.25, -0.2) is 17.2 Å². The highest BCUT2D eigenvalue weighted by atomic mass is 79.9. The molecule has 1 unspecified atom stereocenters. The first kappa shape index (κ1) is 18.3. The van der Waals surface area contributed by atoms with Crippen molar-refractivity contribution in [3.8, 4) is 0 Å². The van der Waals surface area contributed by atoms with Crippen molar-refractivity contribution in [1.82, 2.24) is 4.31 Å². The van der Waals surface area contributed by atoms with E-state index in [0.29, 0.717) is 24.3 Å². The van der Waals surface area contributed by atoms with Crippen LogP contribution in [0.15, 0.2) is 38.3 Å². The molecule has 0 aliphatic carbocycles. The molecule has 3 nitrogen and oxygen atoms in total. The summed E-state index contributed by atoms with van der Waals surface area (Å²) in [7, 11) is -3.55. The topological polar surface area (TPSA) is 37.4 Å². The molecule has 0 N–H and O–H groups in total. The normalized spacial score (nSPS) is 20.0. The first-order chi connectivity index (χ1) is 11.4. The van der Waals surface area contributed by atoms with E-state index in [2.05, 4.69) is 15.9 Å². The van der Waals surface area contributed by atoms with E-state index >= 15 is 0 Å². The van der Waals surface area contributed by atoms with Crippen LogP contribution in [0.2, 0.25) is 0 Å². The molecular weight excluding hydrogens is 440 g/mol. The molecule has 1 aliphatic heterocycles. The minimum absolute atomic E-state index is 0.254. The van der Waals surface area contributed by atoms with Crippen LogP contribution in [0.25, 0.3) is 0 Å². The summed E-state index contributed by atoms with van der Waals surface area (Å²) in [5, 5.41) is -0.254. The van der Waals surface area contributed by atoms with Crippen LogP contribution in [0.4, 0.5) is 8.78 Å². The van der Waals surface area contributed by atoms with Crippen LogP contribution in [-0.4, -0.2) is 31.6 Å². The lowest BCUT2D eigenvalue weighted by Gasteiger charge is -2.19. The average molecular weight is 454 g/mol. The van der Waals surface area contributed by atoms with Crippen LogP contribution in [0, 0.1) is 11.6 Å². The highest BCUT2D eigenvalue weighted by Gasteiger charge is 2.30. The zero-order valence-electron chi connectivity index (χ0n) is 12.4. The lowest BCUT2D eigenvalue weighted by molar-refractivity contribution is 0.428. The number of hydrogen-bond donors (Lipinski definition) is 0. The molecule has 9 heteroatoms. The second-order valence-electron chi connectivity index (χ2n) is 5.28. The number of halogens is 3. The Balaban J connectivity index is 1.79. The van der Waals surface area contributed by atoms with Crippen molar-refractivity contribution in [2.24, 2.45) is 0 Å². The second-order valence-corrected chi connectivity index (χ2v) is 11.2. The Morgan fingerprint density at radius 2 is 1.96 bits per heavy atom. The Kier molecular flexibility index (Phi) is 5.65. The predicted molar refractivity (Wildman–Crippen MR) is 97.0 cm³/mol. The van der Waals surface area contributed by atoms with Gasteiger partial charge in [0.15, 0.2) is 0 Å². The molecule has 0 amide bonds. The Morgan fingerprint density at radius 3 is 2.67 bits per heavy atom. The fourth-order valence-corrected chi connectivity index (χ4v) is 7.54. The van der Waals surface area contributed by atoms with Crippen LogP contribution in [-0.2, 0) is 10.0 Å². The van der Waals surface area contributed by atoms with E-state index in [1.807, 2.05) is 0 Å². The molecule has 1 aliphatic rings. The van der Waals surface area contributed by atoms with Gasteiger partial charge in [0.25, 0.3) is 10.0 Å². The summed E-state index contributed by atoms with van der Waals surface area (Å²) in [5.74, 6) is -0.400. The number of hydrogen-bond acceptors (Lipinski definition) is 4. The quantitative estimate of drug-likeness (QED) is 0.677. The monoisotopic (exact) mass is 453 g/mol. The van der Waals surface area contributed by atoms with Crippen molar-refractivity contribution in [2.45, 2.75) is 15.9 Å². The maximum atomic E-state index is 14.0. The Bertz CT molecular complexity index is 841. The number of nitrogens with zero attached hydrogens (tertiary/aromatic N) is 1. The van der Waals surface area contributed by atoms with Crippen LogP contribution >= 0.6 is 39.0 Å². The second kappa shape index (κ2) is 7.41. The largest absolute Gasteiger partial charge is 0.252 e. The molecule has 2 heterocycles.